The molecule has 4 atom stereocenters. The minimum atomic E-state index is 0.568. The van der Waals surface area contributed by atoms with E-state index in [9.17, 15) is 0 Å². The van der Waals surface area contributed by atoms with Gasteiger partial charge in [-0.3, -0.25) is 0 Å². The normalized spacial score (nSPS) is 37.3. The zero-order chi connectivity index (χ0) is 13.0. The van der Waals surface area contributed by atoms with Crippen molar-refractivity contribution in [3.05, 3.63) is 0 Å². The Morgan fingerprint density at radius 1 is 1.28 bits per heavy atom. The Morgan fingerprint density at radius 2 is 2.11 bits per heavy atom. The number of rotatable bonds is 5. The first-order chi connectivity index (χ1) is 8.70. The van der Waals surface area contributed by atoms with E-state index < -0.39 is 0 Å². The SMILES string of the molecule is CCNC1COCC1CN(C)C1CCCC(C)C1. The Balaban J connectivity index is 1.80. The Kier molecular flexibility index (Phi) is 5.46. The zero-order valence-corrected chi connectivity index (χ0v) is 12.3. The van der Waals surface area contributed by atoms with Crippen molar-refractivity contribution in [2.24, 2.45) is 11.8 Å². The van der Waals surface area contributed by atoms with Crippen molar-refractivity contribution in [2.75, 3.05) is 33.4 Å². The predicted octanol–water partition coefficient (Wildman–Crippen LogP) is 2.12. The fourth-order valence-electron chi connectivity index (χ4n) is 3.59. The number of hydrogen-bond acceptors (Lipinski definition) is 3. The highest BCUT2D eigenvalue weighted by Gasteiger charge is 2.31. The van der Waals surface area contributed by atoms with Crippen LogP contribution in [0.4, 0.5) is 0 Å². The lowest BCUT2D eigenvalue weighted by Gasteiger charge is -2.36. The van der Waals surface area contributed by atoms with E-state index in [-0.39, 0.29) is 0 Å². The highest BCUT2D eigenvalue weighted by molar-refractivity contribution is 4.85. The van der Waals surface area contributed by atoms with Gasteiger partial charge in [0.1, 0.15) is 0 Å². The van der Waals surface area contributed by atoms with Crippen molar-refractivity contribution < 1.29 is 4.74 Å². The van der Waals surface area contributed by atoms with Gasteiger partial charge in [-0.25, -0.2) is 0 Å². The summed E-state index contributed by atoms with van der Waals surface area (Å²) >= 11 is 0. The quantitative estimate of drug-likeness (QED) is 0.813. The van der Waals surface area contributed by atoms with Crippen LogP contribution in [0, 0.1) is 11.8 Å². The molecule has 18 heavy (non-hydrogen) atoms. The smallest absolute Gasteiger partial charge is 0.0623 e. The van der Waals surface area contributed by atoms with Crippen molar-refractivity contribution in [3.63, 3.8) is 0 Å². The molecule has 1 saturated heterocycles. The van der Waals surface area contributed by atoms with Crippen LogP contribution in [0.5, 0.6) is 0 Å². The van der Waals surface area contributed by atoms with Crippen LogP contribution in [0.2, 0.25) is 0 Å². The van der Waals surface area contributed by atoms with Crippen LogP contribution in [0.15, 0.2) is 0 Å². The maximum absolute atomic E-state index is 5.64. The molecule has 0 amide bonds. The molecule has 4 unspecified atom stereocenters. The first-order valence-corrected chi connectivity index (χ1v) is 7.72. The van der Waals surface area contributed by atoms with Gasteiger partial charge < -0.3 is 15.0 Å². The van der Waals surface area contributed by atoms with Gasteiger partial charge in [-0.15, -0.1) is 0 Å². The van der Waals surface area contributed by atoms with Gasteiger partial charge in [0.2, 0.25) is 0 Å². The molecule has 0 radical (unpaired) electrons. The average Bonchev–Trinajstić information content (AvgIpc) is 2.77. The largest absolute Gasteiger partial charge is 0.379 e. The third-order valence-electron chi connectivity index (χ3n) is 4.72. The van der Waals surface area contributed by atoms with E-state index in [4.69, 9.17) is 4.74 Å². The number of ether oxygens (including phenoxy) is 1. The molecule has 3 nitrogen and oxygen atoms in total. The summed E-state index contributed by atoms with van der Waals surface area (Å²) < 4.78 is 5.64. The van der Waals surface area contributed by atoms with Crippen molar-refractivity contribution in [2.45, 2.75) is 51.6 Å². The van der Waals surface area contributed by atoms with Crippen molar-refractivity contribution in [3.8, 4) is 0 Å². The Labute approximate surface area is 112 Å². The lowest BCUT2D eigenvalue weighted by Crippen LogP contribution is -2.44. The van der Waals surface area contributed by atoms with Crippen LogP contribution < -0.4 is 5.32 Å². The molecular formula is C15H30N2O. The van der Waals surface area contributed by atoms with Crippen LogP contribution in [-0.4, -0.2) is 50.3 Å². The standard InChI is InChI=1S/C15H30N2O/c1-4-16-15-11-18-10-13(15)9-17(3)14-7-5-6-12(2)8-14/h12-16H,4-11H2,1-3H3. The molecule has 2 fully saturated rings. The number of nitrogens with one attached hydrogen (secondary N) is 1. The van der Waals surface area contributed by atoms with Gasteiger partial charge in [-0.2, -0.15) is 0 Å². The van der Waals surface area contributed by atoms with Gasteiger partial charge in [0, 0.05) is 24.5 Å². The van der Waals surface area contributed by atoms with E-state index in [2.05, 4.69) is 31.1 Å². The van der Waals surface area contributed by atoms with E-state index in [0.29, 0.717) is 12.0 Å². The van der Waals surface area contributed by atoms with Crippen LogP contribution in [0.25, 0.3) is 0 Å². The molecule has 2 rings (SSSR count). The summed E-state index contributed by atoms with van der Waals surface area (Å²) in [5.74, 6) is 1.59. The molecule has 2 aliphatic rings. The summed E-state index contributed by atoms with van der Waals surface area (Å²) in [6.07, 6.45) is 5.61. The van der Waals surface area contributed by atoms with Crippen LogP contribution >= 0.6 is 0 Å². The van der Waals surface area contributed by atoms with Crippen LogP contribution in [0.3, 0.4) is 0 Å². The minimum Gasteiger partial charge on any atom is -0.379 e. The van der Waals surface area contributed by atoms with Gasteiger partial charge in [-0.1, -0.05) is 26.7 Å². The van der Waals surface area contributed by atoms with E-state index in [1.807, 2.05) is 0 Å². The van der Waals surface area contributed by atoms with E-state index in [0.717, 1.165) is 31.7 Å². The molecule has 1 N–H and O–H groups in total. The molecule has 1 aliphatic carbocycles. The van der Waals surface area contributed by atoms with Crippen LogP contribution in [-0.2, 0) is 4.74 Å². The molecule has 3 heteroatoms. The first kappa shape index (κ1) is 14.3. The molecule has 1 heterocycles. The molecule has 0 spiro atoms. The maximum atomic E-state index is 5.64. The van der Waals surface area contributed by atoms with E-state index in [1.165, 1.54) is 32.2 Å². The maximum Gasteiger partial charge on any atom is 0.0623 e. The average molecular weight is 254 g/mol. The predicted molar refractivity (Wildman–Crippen MR) is 75.8 cm³/mol. The molecular weight excluding hydrogens is 224 g/mol. The minimum absolute atomic E-state index is 0.568. The zero-order valence-electron chi connectivity index (χ0n) is 12.3. The second-order valence-corrected chi connectivity index (χ2v) is 6.33. The number of likely N-dealkylation sites (N-methyl/N-ethyl adjacent to an activating group) is 1. The van der Waals surface area contributed by atoms with Gasteiger partial charge in [0.15, 0.2) is 0 Å². The second-order valence-electron chi connectivity index (χ2n) is 6.33. The lowest BCUT2D eigenvalue weighted by molar-refractivity contribution is 0.129. The lowest BCUT2D eigenvalue weighted by atomic mass is 9.86. The van der Waals surface area contributed by atoms with Gasteiger partial charge in [-0.05, 0) is 32.4 Å². The summed E-state index contributed by atoms with van der Waals surface area (Å²) in [5.41, 5.74) is 0. The second kappa shape index (κ2) is 6.88. The van der Waals surface area contributed by atoms with Gasteiger partial charge in [0.25, 0.3) is 0 Å². The molecule has 0 aromatic carbocycles. The number of hydrogen-bond donors (Lipinski definition) is 1. The molecule has 106 valence electrons. The molecule has 1 saturated carbocycles. The van der Waals surface area contributed by atoms with Crippen LogP contribution in [0.1, 0.15) is 39.5 Å². The highest BCUT2D eigenvalue weighted by Crippen LogP contribution is 2.27. The molecule has 1 aliphatic heterocycles. The van der Waals surface area contributed by atoms with E-state index in [1.54, 1.807) is 0 Å². The summed E-state index contributed by atoms with van der Waals surface area (Å²) in [5, 5.41) is 3.56. The summed E-state index contributed by atoms with van der Waals surface area (Å²) in [6, 6.07) is 1.37. The fraction of sp³-hybridized carbons (Fsp3) is 1.00. The van der Waals surface area contributed by atoms with Crippen molar-refractivity contribution in [1.29, 1.82) is 0 Å². The monoisotopic (exact) mass is 254 g/mol. The fourth-order valence-corrected chi connectivity index (χ4v) is 3.59. The Hall–Kier alpha value is -0.120. The van der Waals surface area contributed by atoms with Gasteiger partial charge >= 0.3 is 0 Å². The molecule has 0 bridgehead atoms. The molecule has 0 aromatic rings. The third kappa shape index (κ3) is 3.69. The first-order valence-electron chi connectivity index (χ1n) is 7.72. The topological polar surface area (TPSA) is 24.5 Å². The summed E-state index contributed by atoms with van der Waals surface area (Å²) in [7, 11) is 2.31. The Morgan fingerprint density at radius 3 is 2.83 bits per heavy atom. The number of nitrogens with zero attached hydrogens (tertiary/aromatic N) is 1. The summed E-state index contributed by atoms with van der Waals surface area (Å²) in [4.78, 5) is 2.60. The summed E-state index contributed by atoms with van der Waals surface area (Å²) in [6.45, 7) is 8.66. The molecule has 0 aromatic heterocycles. The van der Waals surface area contributed by atoms with Crippen molar-refractivity contribution in [1.82, 2.24) is 10.2 Å². The third-order valence-corrected chi connectivity index (χ3v) is 4.72. The highest BCUT2D eigenvalue weighted by atomic mass is 16.5. The van der Waals surface area contributed by atoms with Gasteiger partial charge in [0.05, 0.1) is 13.2 Å². The Bertz CT molecular complexity index is 247. The van der Waals surface area contributed by atoms with E-state index >= 15 is 0 Å². The van der Waals surface area contributed by atoms with Crippen molar-refractivity contribution >= 4 is 0 Å².